The summed E-state index contributed by atoms with van der Waals surface area (Å²) in [5.41, 5.74) is 1.96. The van der Waals surface area contributed by atoms with E-state index in [9.17, 15) is 4.79 Å². The molecule has 1 amide bonds. The topological polar surface area (TPSA) is 84.7 Å². The fourth-order valence-corrected chi connectivity index (χ4v) is 3.22. The molecule has 0 aliphatic carbocycles. The minimum atomic E-state index is 0.0463. The third-order valence-electron chi connectivity index (χ3n) is 4.33. The number of aryl methyl sites for hydroxylation is 1. The maximum atomic E-state index is 12.1. The first kappa shape index (κ1) is 20.1. The number of amides is 1. The van der Waals surface area contributed by atoms with Crippen LogP contribution in [0.2, 0.25) is 0 Å². The van der Waals surface area contributed by atoms with E-state index in [0.717, 1.165) is 36.2 Å². The van der Waals surface area contributed by atoms with Crippen molar-refractivity contribution < 1.29 is 4.79 Å². The van der Waals surface area contributed by atoms with Crippen molar-refractivity contribution in [2.45, 2.75) is 37.9 Å². The first-order chi connectivity index (χ1) is 13.7. The second-order valence-corrected chi connectivity index (χ2v) is 7.20. The number of carbonyl (C=O) groups is 1. The Kier molecular flexibility index (Phi) is 7.25. The van der Waals surface area contributed by atoms with E-state index in [2.05, 4.69) is 32.6 Å². The van der Waals surface area contributed by atoms with E-state index in [1.165, 1.54) is 17.3 Å². The monoisotopic (exact) mass is 398 g/mol. The number of nitrogens with one attached hydrogen (secondary N) is 2. The van der Waals surface area contributed by atoms with Crippen molar-refractivity contribution >= 4 is 34.5 Å². The first-order valence-corrected chi connectivity index (χ1v) is 10.8. The van der Waals surface area contributed by atoms with E-state index < -0.39 is 0 Å². The number of hydrogen-bond acceptors (Lipinski definition) is 6. The number of anilines is 1. The summed E-state index contributed by atoms with van der Waals surface area (Å²) in [6.07, 6.45) is 5.98. The number of benzene rings is 1. The van der Waals surface area contributed by atoms with E-state index >= 15 is 0 Å². The lowest BCUT2D eigenvalue weighted by Gasteiger charge is -2.09. The van der Waals surface area contributed by atoms with Crippen molar-refractivity contribution in [1.29, 1.82) is 0 Å². The van der Waals surface area contributed by atoms with Crippen molar-refractivity contribution in [3.63, 3.8) is 0 Å². The van der Waals surface area contributed by atoms with Gasteiger partial charge in [0.15, 0.2) is 10.8 Å². The second kappa shape index (κ2) is 10.1. The zero-order chi connectivity index (χ0) is 19.8. The third kappa shape index (κ3) is 5.22. The number of thioether (sulfide) groups is 1. The highest BCUT2D eigenvalue weighted by Crippen LogP contribution is 2.23. The van der Waals surface area contributed by atoms with Gasteiger partial charge in [0.1, 0.15) is 5.82 Å². The zero-order valence-corrected chi connectivity index (χ0v) is 17.1. The van der Waals surface area contributed by atoms with Gasteiger partial charge in [0.05, 0.1) is 18.1 Å². The van der Waals surface area contributed by atoms with Gasteiger partial charge < -0.3 is 10.6 Å². The smallest absolute Gasteiger partial charge is 0.220 e. The van der Waals surface area contributed by atoms with Crippen LogP contribution < -0.4 is 10.6 Å². The lowest BCUT2D eigenvalue weighted by Crippen LogP contribution is -2.27. The highest BCUT2D eigenvalue weighted by atomic mass is 32.2. The molecular formula is C20H26N6OS. The first-order valence-electron chi connectivity index (χ1n) is 9.53. The molecule has 1 aromatic carbocycles. The number of fused-ring (bicyclic) bond motifs is 1. The largest absolute Gasteiger partial charge is 0.369 e. The van der Waals surface area contributed by atoms with Crippen molar-refractivity contribution in [3.8, 4) is 0 Å². The summed E-state index contributed by atoms with van der Waals surface area (Å²) in [5, 5.41) is 12.4. The molecule has 3 rings (SSSR count). The molecule has 0 unspecified atom stereocenters. The normalized spacial score (nSPS) is 10.9. The van der Waals surface area contributed by atoms with Crippen molar-refractivity contribution in [1.82, 2.24) is 25.1 Å². The predicted molar refractivity (Wildman–Crippen MR) is 114 cm³/mol. The van der Waals surface area contributed by atoms with Gasteiger partial charge in [-0.15, -0.1) is 0 Å². The summed E-state index contributed by atoms with van der Waals surface area (Å²) in [4.78, 5) is 21.2. The van der Waals surface area contributed by atoms with Crippen molar-refractivity contribution in [3.05, 3.63) is 42.1 Å². The molecule has 0 aliphatic rings. The van der Waals surface area contributed by atoms with Gasteiger partial charge in [0, 0.05) is 19.5 Å². The average Bonchev–Trinajstić information content (AvgIpc) is 3.14. The second-order valence-electron chi connectivity index (χ2n) is 6.43. The SMILES string of the molecule is CCCNc1nc(SC)nc2c1cnn2CCNC(=O)CCc1ccccc1. The maximum absolute atomic E-state index is 12.1. The lowest BCUT2D eigenvalue weighted by atomic mass is 10.1. The summed E-state index contributed by atoms with van der Waals surface area (Å²) in [5.74, 6) is 0.861. The molecule has 8 heteroatoms. The number of aromatic nitrogens is 4. The average molecular weight is 399 g/mol. The Labute approximate surface area is 169 Å². The standard InChI is InChI=1S/C20H26N6OS/c1-3-11-22-18-16-14-23-26(19(16)25-20(24-18)28-2)13-12-21-17(27)10-9-15-7-5-4-6-8-15/h4-8,14H,3,9-13H2,1-2H3,(H,21,27)(H,22,24,25). The molecular weight excluding hydrogens is 372 g/mol. The Morgan fingerprint density at radius 3 is 2.75 bits per heavy atom. The van der Waals surface area contributed by atoms with Crippen LogP contribution in [0.4, 0.5) is 5.82 Å². The highest BCUT2D eigenvalue weighted by molar-refractivity contribution is 7.98. The van der Waals surface area contributed by atoms with E-state index in [1.54, 1.807) is 6.20 Å². The van der Waals surface area contributed by atoms with Crippen LogP contribution in [-0.2, 0) is 17.8 Å². The van der Waals surface area contributed by atoms with Crippen LogP contribution in [0.25, 0.3) is 11.0 Å². The summed E-state index contributed by atoms with van der Waals surface area (Å²) < 4.78 is 1.82. The van der Waals surface area contributed by atoms with Crippen LogP contribution in [-0.4, -0.2) is 45.0 Å². The molecule has 2 aromatic heterocycles. The van der Waals surface area contributed by atoms with Crippen molar-refractivity contribution in [2.24, 2.45) is 0 Å². The molecule has 0 fully saturated rings. The maximum Gasteiger partial charge on any atom is 0.220 e. The quantitative estimate of drug-likeness (QED) is 0.403. The fourth-order valence-electron chi connectivity index (χ4n) is 2.86. The summed E-state index contributed by atoms with van der Waals surface area (Å²) >= 11 is 1.50. The Hall–Kier alpha value is -2.61. The molecule has 0 saturated heterocycles. The van der Waals surface area contributed by atoms with Crippen molar-refractivity contribution in [2.75, 3.05) is 24.7 Å². The molecule has 0 radical (unpaired) electrons. The molecule has 0 aliphatic heterocycles. The molecule has 0 atom stereocenters. The van der Waals surface area contributed by atoms with Crippen LogP contribution in [0.3, 0.4) is 0 Å². The molecule has 0 bridgehead atoms. The third-order valence-corrected chi connectivity index (χ3v) is 4.88. The van der Waals surface area contributed by atoms with Crippen LogP contribution in [0, 0.1) is 0 Å². The Balaban J connectivity index is 1.58. The van der Waals surface area contributed by atoms with E-state index in [4.69, 9.17) is 0 Å². The summed E-state index contributed by atoms with van der Waals surface area (Å²) in [7, 11) is 0. The molecule has 148 valence electrons. The highest BCUT2D eigenvalue weighted by Gasteiger charge is 2.12. The van der Waals surface area contributed by atoms with Crippen LogP contribution in [0.1, 0.15) is 25.3 Å². The van der Waals surface area contributed by atoms with Gasteiger partial charge in [-0.2, -0.15) is 5.10 Å². The Bertz CT molecular complexity index is 912. The zero-order valence-electron chi connectivity index (χ0n) is 16.3. The molecule has 0 spiro atoms. The van der Waals surface area contributed by atoms with Gasteiger partial charge >= 0.3 is 0 Å². The predicted octanol–water partition coefficient (Wildman–Crippen LogP) is 3.12. The van der Waals surface area contributed by atoms with E-state index in [1.807, 2.05) is 41.3 Å². The molecule has 3 aromatic rings. The molecule has 2 N–H and O–H groups in total. The molecule has 2 heterocycles. The lowest BCUT2D eigenvalue weighted by molar-refractivity contribution is -0.121. The number of rotatable bonds is 10. The minimum absolute atomic E-state index is 0.0463. The fraction of sp³-hybridized carbons (Fsp3) is 0.400. The Morgan fingerprint density at radius 1 is 1.18 bits per heavy atom. The minimum Gasteiger partial charge on any atom is -0.369 e. The van der Waals surface area contributed by atoms with Crippen LogP contribution >= 0.6 is 11.8 Å². The van der Waals surface area contributed by atoms with Gasteiger partial charge in [0.25, 0.3) is 0 Å². The number of hydrogen-bond donors (Lipinski definition) is 2. The van der Waals surface area contributed by atoms with E-state index in [0.29, 0.717) is 24.7 Å². The Morgan fingerprint density at radius 2 is 2.00 bits per heavy atom. The van der Waals surface area contributed by atoms with E-state index in [-0.39, 0.29) is 5.91 Å². The van der Waals surface area contributed by atoms with Gasteiger partial charge in [-0.05, 0) is 24.7 Å². The van der Waals surface area contributed by atoms with Crippen LogP contribution in [0.15, 0.2) is 41.7 Å². The molecule has 0 saturated carbocycles. The summed E-state index contributed by atoms with van der Waals surface area (Å²) in [6, 6.07) is 10.0. The van der Waals surface area contributed by atoms with Gasteiger partial charge in [-0.1, -0.05) is 49.0 Å². The summed E-state index contributed by atoms with van der Waals surface area (Å²) in [6.45, 7) is 4.05. The van der Waals surface area contributed by atoms with Gasteiger partial charge in [0.2, 0.25) is 5.91 Å². The molecule has 28 heavy (non-hydrogen) atoms. The molecule has 7 nitrogen and oxygen atoms in total. The van der Waals surface area contributed by atoms with Gasteiger partial charge in [-0.3, -0.25) is 4.79 Å². The van der Waals surface area contributed by atoms with Crippen LogP contribution in [0.5, 0.6) is 0 Å². The van der Waals surface area contributed by atoms with Gasteiger partial charge in [-0.25, -0.2) is 14.6 Å². The number of carbonyl (C=O) groups excluding carboxylic acids is 1. The number of nitrogens with zero attached hydrogens (tertiary/aromatic N) is 4.